The SMILES string of the molecule is C=N/C(C)=C(\C(C)=C/C)c1cnc2[nH]cc(-c3ccn4ncc(C(=O)NCC(F)F)c4c3)c2c1. The van der Waals surface area contributed by atoms with Crippen LogP contribution >= 0.6 is 0 Å². The number of pyridine rings is 2. The highest BCUT2D eigenvalue weighted by atomic mass is 19.3. The van der Waals surface area contributed by atoms with Crippen LogP contribution < -0.4 is 5.32 Å². The lowest BCUT2D eigenvalue weighted by Crippen LogP contribution is -2.28. The first-order valence-corrected chi connectivity index (χ1v) is 10.7. The van der Waals surface area contributed by atoms with Crippen LogP contribution in [0.25, 0.3) is 33.3 Å². The quantitative estimate of drug-likeness (QED) is 0.290. The Kier molecular flexibility index (Phi) is 6.36. The Balaban J connectivity index is 1.82. The molecule has 0 radical (unpaired) electrons. The molecule has 0 saturated heterocycles. The number of carbonyl (C=O) groups is 1. The van der Waals surface area contributed by atoms with Crippen LogP contribution in [0.3, 0.4) is 0 Å². The molecule has 0 fully saturated rings. The maximum Gasteiger partial charge on any atom is 0.255 e. The molecule has 2 N–H and O–H groups in total. The lowest BCUT2D eigenvalue weighted by Gasteiger charge is -2.11. The van der Waals surface area contributed by atoms with Crippen molar-refractivity contribution in [1.29, 1.82) is 0 Å². The molecule has 34 heavy (non-hydrogen) atoms. The number of aromatic nitrogens is 4. The average molecular weight is 463 g/mol. The van der Waals surface area contributed by atoms with Crippen molar-refractivity contribution in [3.05, 3.63) is 71.5 Å². The van der Waals surface area contributed by atoms with E-state index >= 15 is 0 Å². The molecule has 4 heterocycles. The van der Waals surface area contributed by atoms with E-state index in [4.69, 9.17) is 0 Å². The molecule has 9 heteroatoms. The molecule has 4 rings (SSSR count). The molecule has 0 aromatic carbocycles. The fourth-order valence-electron chi connectivity index (χ4n) is 3.91. The predicted octanol–water partition coefficient (Wildman–Crippen LogP) is 5.27. The van der Waals surface area contributed by atoms with Crippen molar-refractivity contribution >= 4 is 34.7 Å². The normalized spacial score (nSPS) is 12.9. The molecular weight excluding hydrogens is 438 g/mol. The van der Waals surface area contributed by atoms with E-state index in [-0.39, 0.29) is 5.56 Å². The summed E-state index contributed by atoms with van der Waals surface area (Å²) in [5.41, 5.74) is 6.89. The number of alkyl halides is 2. The largest absolute Gasteiger partial charge is 0.346 e. The number of amides is 1. The molecule has 0 aliphatic heterocycles. The first-order chi connectivity index (χ1) is 16.3. The maximum absolute atomic E-state index is 12.5. The lowest BCUT2D eigenvalue weighted by atomic mass is 9.96. The van der Waals surface area contributed by atoms with Gasteiger partial charge in [0.25, 0.3) is 12.3 Å². The first kappa shape index (κ1) is 23.0. The zero-order valence-electron chi connectivity index (χ0n) is 19.1. The smallest absolute Gasteiger partial charge is 0.255 e. The van der Waals surface area contributed by atoms with E-state index in [1.54, 1.807) is 12.4 Å². The third kappa shape index (κ3) is 4.24. The van der Waals surface area contributed by atoms with Gasteiger partial charge < -0.3 is 10.3 Å². The number of hydrogen-bond acceptors (Lipinski definition) is 4. The molecule has 7 nitrogen and oxygen atoms in total. The fraction of sp³-hybridized carbons (Fsp3) is 0.200. The summed E-state index contributed by atoms with van der Waals surface area (Å²) in [5.74, 6) is -0.598. The summed E-state index contributed by atoms with van der Waals surface area (Å²) in [6.45, 7) is 8.84. The molecule has 1 amide bonds. The van der Waals surface area contributed by atoms with Gasteiger partial charge in [0.15, 0.2) is 0 Å². The van der Waals surface area contributed by atoms with Crippen LogP contribution in [0.1, 0.15) is 36.7 Å². The van der Waals surface area contributed by atoms with E-state index in [0.717, 1.165) is 38.9 Å². The van der Waals surface area contributed by atoms with Crippen molar-refractivity contribution in [2.75, 3.05) is 6.54 Å². The number of H-pyrrole nitrogens is 1. The Hall–Kier alpha value is -4.14. The third-order valence-electron chi connectivity index (χ3n) is 5.74. The fourth-order valence-corrected chi connectivity index (χ4v) is 3.91. The molecule has 4 aromatic heterocycles. The summed E-state index contributed by atoms with van der Waals surface area (Å²) in [4.78, 5) is 24.3. The highest BCUT2D eigenvalue weighted by Crippen LogP contribution is 2.33. The average Bonchev–Trinajstić information content (AvgIpc) is 3.45. The second kappa shape index (κ2) is 9.38. The number of hydrogen-bond donors (Lipinski definition) is 2. The van der Waals surface area contributed by atoms with Crippen LogP contribution in [0.5, 0.6) is 0 Å². The minimum absolute atomic E-state index is 0.225. The molecule has 0 atom stereocenters. The van der Waals surface area contributed by atoms with Crippen LogP contribution in [-0.2, 0) is 0 Å². The van der Waals surface area contributed by atoms with Crippen molar-refractivity contribution in [1.82, 2.24) is 24.9 Å². The van der Waals surface area contributed by atoms with Crippen molar-refractivity contribution in [2.24, 2.45) is 4.99 Å². The van der Waals surface area contributed by atoms with Crippen molar-refractivity contribution in [3.63, 3.8) is 0 Å². The van der Waals surface area contributed by atoms with E-state index in [1.165, 1.54) is 10.7 Å². The van der Waals surface area contributed by atoms with Crippen LogP contribution in [0.4, 0.5) is 8.78 Å². The number of halogens is 2. The molecule has 0 bridgehead atoms. The number of fused-ring (bicyclic) bond motifs is 2. The summed E-state index contributed by atoms with van der Waals surface area (Å²) in [7, 11) is 0. The number of rotatable bonds is 7. The van der Waals surface area contributed by atoms with E-state index in [0.29, 0.717) is 11.2 Å². The Morgan fingerprint density at radius 3 is 2.82 bits per heavy atom. The van der Waals surface area contributed by atoms with E-state index in [1.807, 2.05) is 51.2 Å². The zero-order chi connectivity index (χ0) is 24.4. The predicted molar refractivity (Wildman–Crippen MR) is 130 cm³/mol. The minimum Gasteiger partial charge on any atom is -0.346 e. The number of nitrogens with one attached hydrogen (secondary N) is 2. The summed E-state index contributed by atoms with van der Waals surface area (Å²) in [6.07, 6.45) is 6.14. The van der Waals surface area contributed by atoms with Gasteiger partial charge in [0.2, 0.25) is 0 Å². The summed E-state index contributed by atoms with van der Waals surface area (Å²) >= 11 is 0. The van der Waals surface area contributed by atoms with Gasteiger partial charge in [0, 0.05) is 46.4 Å². The van der Waals surface area contributed by atoms with Crippen molar-refractivity contribution < 1.29 is 13.6 Å². The van der Waals surface area contributed by atoms with E-state index in [9.17, 15) is 13.6 Å². The summed E-state index contributed by atoms with van der Waals surface area (Å²) < 4.78 is 26.6. The number of aliphatic imine (C=N–C) groups is 1. The first-order valence-electron chi connectivity index (χ1n) is 10.7. The molecule has 0 aliphatic carbocycles. The monoisotopic (exact) mass is 462 g/mol. The van der Waals surface area contributed by atoms with Gasteiger partial charge in [-0.2, -0.15) is 5.10 Å². The van der Waals surface area contributed by atoms with Gasteiger partial charge in [-0.05, 0) is 56.8 Å². The van der Waals surface area contributed by atoms with Gasteiger partial charge in [-0.25, -0.2) is 18.3 Å². The zero-order valence-corrected chi connectivity index (χ0v) is 19.1. The molecule has 0 saturated carbocycles. The van der Waals surface area contributed by atoms with Crippen LogP contribution in [0.2, 0.25) is 0 Å². The Morgan fingerprint density at radius 2 is 2.12 bits per heavy atom. The topological polar surface area (TPSA) is 87.4 Å². The number of carbonyl (C=O) groups excluding carboxylic acids is 1. The highest BCUT2D eigenvalue weighted by molar-refractivity contribution is 6.02. The van der Waals surface area contributed by atoms with Gasteiger partial charge >= 0.3 is 0 Å². The van der Waals surface area contributed by atoms with Crippen LogP contribution in [0.15, 0.2) is 65.3 Å². The number of allylic oxidation sites excluding steroid dienone is 4. The highest BCUT2D eigenvalue weighted by Gasteiger charge is 2.17. The van der Waals surface area contributed by atoms with Gasteiger partial charge in [0.05, 0.1) is 23.8 Å². The van der Waals surface area contributed by atoms with Crippen molar-refractivity contribution in [3.8, 4) is 11.1 Å². The molecule has 174 valence electrons. The second-order valence-electron chi connectivity index (χ2n) is 7.82. The van der Waals surface area contributed by atoms with Gasteiger partial charge in [0.1, 0.15) is 5.65 Å². The minimum atomic E-state index is -2.63. The Morgan fingerprint density at radius 1 is 1.32 bits per heavy atom. The van der Waals surface area contributed by atoms with Gasteiger partial charge in [-0.3, -0.25) is 9.79 Å². The molecular formula is C25H24F2N6O. The summed E-state index contributed by atoms with van der Waals surface area (Å²) in [5, 5.41) is 7.29. The third-order valence-corrected chi connectivity index (χ3v) is 5.74. The Labute approximate surface area is 194 Å². The standard InChI is InChI=1S/C25H24F2N6O/c1-5-14(2)23(15(3)28-4)17-8-18-19(11-30-24(18)29-10-17)16-6-7-33-21(9-16)20(12-32-33)25(34)31-13-22(26)27/h5-12,22H,4,13H2,1-3H3,(H,29,30)(H,31,34)/b14-5-,23-15+. The van der Waals surface area contributed by atoms with Crippen LogP contribution in [-0.4, -0.2) is 45.2 Å². The number of nitrogens with zero attached hydrogens (tertiary/aromatic N) is 4. The van der Waals surface area contributed by atoms with Gasteiger partial charge in [-0.15, -0.1) is 0 Å². The van der Waals surface area contributed by atoms with E-state index in [2.05, 4.69) is 32.1 Å². The lowest BCUT2D eigenvalue weighted by molar-refractivity contribution is 0.0893. The maximum atomic E-state index is 12.5. The van der Waals surface area contributed by atoms with Gasteiger partial charge in [-0.1, -0.05) is 6.08 Å². The Bertz CT molecular complexity index is 1460. The molecule has 0 unspecified atom stereocenters. The van der Waals surface area contributed by atoms with E-state index < -0.39 is 18.9 Å². The molecule has 0 aliphatic rings. The van der Waals surface area contributed by atoms with Crippen molar-refractivity contribution in [2.45, 2.75) is 27.2 Å². The molecule has 4 aromatic rings. The van der Waals surface area contributed by atoms with Crippen LogP contribution in [0, 0.1) is 0 Å². The number of aromatic amines is 1. The molecule has 0 spiro atoms. The summed E-state index contributed by atoms with van der Waals surface area (Å²) in [6, 6.07) is 5.73. The second-order valence-corrected chi connectivity index (χ2v) is 7.82.